The number of aromatic nitrogens is 3. The number of benzene rings is 1. The molecule has 2 aromatic heterocycles. The van der Waals surface area contributed by atoms with Gasteiger partial charge in [-0.25, -0.2) is 4.98 Å². The van der Waals surface area contributed by atoms with Gasteiger partial charge in [0.05, 0.1) is 24.6 Å². The summed E-state index contributed by atoms with van der Waals surface area (Å²) >= 11 is 0. The molecule has 4 heterocycles. The molecule has 0 saturated carbocycles. The van der Waals surface area contributed by atoms with Crippen molar-refractivity contribution in [2.75, 3.05) is 18.0 Å². The molecule has 7 heteroatoms. The Morgan fingerprint density at radius 3 is 2.89 bits per heavy atom. The minimum absolute atomic E-state index is 0.0668. The molecule has 1 atom stereocenters. The summed E-state index contributed by atoms with van der Waals surface area (Å²) < 4.78 is 1.79. The molecule has 1 amide bonds. The summed E-state index contributed by atoms with van der Waals surface area (Å²) in [6.07, 6.45) is 4.51. The van der Waals surface area contributed by atoms with Crippen molar-refractivity contribution in [3.05, 3.63) is 66.0 Å². The maximum atomic E-state index is 12.2. The van der Waals surface area contributed by atoms with Gasteiger partial charge in [0.25, 0.3) is 5.91 Å². The number of amides is 1. The fraction of sp³-hybridized carbons (Fsp3) is 0.238. The van der Waals surface area contributed by atoms with Crippen LogP contribution in [0.1, 0.15) is 28.5 Å². The second-order valence-electron chi connectivity index (χ2n) is 6.99. The normalized spacial score (nSPS) is 18.6. The number of aryl methyl sites for hydroxylation is 1. The number of hydrogen-bond acceptors (Lipinski definition) is 5. The number of fused-ring (bicyclic) bond motifs is 1. The third kappa shape index (κ3) is 3.05. The van der Waals surface area contributed by atoms with E-state index < -0.39 is 0 Å². The van der Waals surface area contributed by atoms with E-state index in [4.69, 9.17) is 0 Å². The van der Waals surface area contributed by atoms with Crippen LogP contribution in [0.4, 0.5) is 5.82 Å². The summed E-state index contributed by atoms with van der Waals surface area (Å²) in [5.74, 6) is 0.759. The van der Waals surface area contributed by atoms with E-state index in [-0.39, 0.29) is 11.9 Å². The number of nitrogens with zero attached hydrogens (tertiary/aromatic N) is 5. The van der Waals surface area contributed by atoms with E-state index in [0.29, 0.717) is 12.2 Å². The standard InChI is InChI=1S/C21H20N6O/c28-21-19-12-17(25-27(19)10-4-8-23-21)16-7-9-22-20(11-16)26-13-18(24-14-26)15-5-2-1-3-6-15/h1-3,5-7,9,11-12,14,18H,4,8,10,13H2,(H,23,28). The summed E-state index contributed by atoms with van der Waals surface area (Å²) in [5.41, 5.74) is 3.53. The molecule has 0 aliphatic carbocycles. The molecule has 28 heavy (non-hydrogen) atoms. The summed E-state index contributed by atoms with van der Waals surface area (Å²) in [7, 11) is 0. The van der Waals surface area contributed by atoms with Crippen LogP contribution in [0.2, 0.25) is 0 Å². The molecule has 0 spiro atoms. The van der Waals surface area contributed by atoms with Crippen LogP contribution < -0.4 is 10.2 Å². The fourth-order valence-electron chi connectivity index (χ4n) is 3.63. The SMILES string of the molecule is O=C1NCCCn2nc(-c3ccnc(N4C=NC(c5ccccc5)C4)c3)cc21. The van der Waals surface area contributed by atoms with Gasteiger partial charge in [-0.1, -0.05) is 30.3 Å². The van der Waals surface area contributed by atoms with Crippen LogP contribution in [0.15, 0.2) is 59.7 Å². The molecule has 140 valence electrons. The Balaban J connectivity index is 1.40. The van der Waals surface area contributed by atoms with Crippen molar-refractivity contribution in [1.82, 2.24) is 20.1 Å². The lowest BCUT2D eigenvalue weighted by Crippen LogP contribution is -2.22. The van der Waals surface area contributed by atoms with E-state index in [9.17, 15) is 4.79 Å². The highest BCUT2D eigenvalue weighted by atomic mass is 16.2. The highest BCUT2D eigenvalue weighted by molar-refractivity contribution is 5.94. The van der Waals surface area contributed by atoms with Gasteiger partial charge in [0.2, 0.25) is 0 Å². The van der Waals surface area contributed by atoms with Crippen molar-refractivity contribution in [3.63, 3.8) is 0 Å². The lowest BCUT2D eigenvalue weighted by atomic mass is 10.1. The van der Waals surface area contributed by atoms with Crippen LogP contribution in [-0.2, 0) is 6.54 Å². The van der Waals surface area contributed by atoms with Crippen LogP contribution in [0.25, 0.3) is 11.3 Å². The second-order valence-corrected chi connectivity index (χ2v) is 6.99. The van der Waals surface area contributed by atoms with Crippen molar-refractivity contribution in [3.8, 4) is 11.3 Å². The number of carbonyl (C=O) groups excluding carboxylic acids is 1. The highest BCUT2D eigenvalue weighted by Gasteiger charge is 2.22. The molecule has 7 nitrogen and oxygen atoms in total. The topological polar surface area (TPSA) is 75.4 Å². The monoisotopic (exact) mass is 372 g/mol. The van der Waals surface area contributed by atoms with Gasteiger partial charge in [-0.15, -0.1) is 0 Å². The number of nitrogens with one attached hydrogen (secondary N) is 1. The Morgan fingerprint density at radius 1 is 1.11 bits per heavy atom. The summed E-state index contributed by atoms with van der Waals surface area (Å²) in [4.78, 5) is 23.4. The van der Waals surface area contributed by atoms with Crippen LogP contribution in [0, 0.1) is 0 Å². The average molecular weight is 372 g/mol. The van der Waals surface area contributed by atoms with E-state index in [2.05, 4.69) is 37.4 Å². The zero-order valence-corrected chi connectivity index (χ0v) is 15.3. The first-order valence-electron chi connectivity index (χ1n) is 9.45. The molecular weight excluding hydrogens is 352 g/mol. The Labute approximate surface area is 162 Å². The lowest BCUT2D eigenvalue weighted by molar-refractivity contribution is 0.0950. The third-order valence-electron chi connectivity index (χ3n) is 5.12. The molecule has 1 aromatic carbocycles. The van der Waals surface area contributed by atoms with Crippen molar-refractivity contribution in [2.45, 2.75) is 19.0 Å². The minimum atomic E-state index is -0.0668. The van der Waals surface area contributed by atoms with Crippen molar-refractivity contribution in [2.24, 2.45) is 4.99 Å². The summed E-state index contributed by atoms with van der Waals surface area (Å²) in [5, 5.41) is 7.54. The van der Waals surface area contributed by atoms with E-state index in [1.54, 1.807) is 10.9 Å². The first kappa shape index (κ1) is 16.7. The minimum Gasteiger partial charge on any atom is -0.351 e. The molecule has 1 unspecified atom stereocenters. The molecule has 3 aromatic rings. The lowest BCUT2D eigenvalue weighted by Gasteiger charge is -2.16. The van der Waals surface area contributed by atoms with Gasteiger partial charge in [0, 0.05) is 24.8 Å². The number of carbonyl (C=O) groups is 1. The molecule has 1 N–H and O–H groups in total. The second kappa shape index (κ2) is 6.92. The number of rotatable bonds is 3. The van der Waals surface area contributed by atoms with E-state index >= 15 is 0 Å². The molecule has 2 aliphatic rings. The fourth-order valence-corrected chi connectivity index (χ4v) is 3.63. The van der Waals surface area contributed by atoms with Crippen molar-refractivity contribution in [1.29, 1.82) is 0 Å². The van der Waals surface area contributed by atoms with Gasteiger partial charge >= 0.3 is 0 Å². The van der Waals surface area contributed by atoms with Gasteiger partial charge < -0.3 is 10.2 Å². The Hall–Kier alpha value is -3.48. The average Bonchev–Trinajstić information content (AvgIpc) is 3.36. The van der Waals surface area contributed by atoms with Crippen molar-refractivity contribution >= 4 is 18.1 Å². The molecule has 0 fully saturated rings. The zero-order chi connectivity index (χ0) is 18.9. The highest BCUT2D eigenvalue weighted by Crippen LogP contribution is 2.28. The summed E-state index contributed by atoms with van der Waals surface area (Å²) in [6.45, 7) is 2.18. The number of hydrogen-bond donors (Lipinski definition) is 1. The zero-order valence-electron chi connectivity index (χ0n) is 15.3. The maximum absolute atomic E-state index is 12.2. The van der Waals surface area contributed by atoms with Crippen LogP contribution in [0.5, 0.6) is 0 Å². The van der Waals surface area contributed by atoms with Gasteiger partial charge in [-0.05, 0) is 30.2 Å². The molecule has 5 rings (SSSR count). The first-order chi connectivity index (χ1) is 13.8. The Bertz CT molecular complexity index is 1040. The number of anilines is 1. The molecule has 2 aliphatic heterocycles. The molecule has 0 saturated heterocycles. The van der Waals surface area contributed by atoms with Crippen LogP contribution >= 0.6 is 0 Å². The predicted molar refractivity (Wildman–Crippen MR) is 107 cm³/mol. The Morgan fingerprint density at radius 2 is 2.00 bits per heavy atom. The number of aliphatic imine (C=N–C) groups is 1. The first-order valence-corrected chi connectivity index (χ1v) is 9.45. The maximum Gasteiger partial charge on any atom is 0.269 e. The van der Waals surface area contributed by atoms with Gasteiger partial charge in [-0.3, -0.25) is 14.5 Å². The van der Waals surface area contributed by atoms with Crippen LogP contribution in [-0.4, -0.2) is 40.1 Å². The predicted octanol–water partition coefficient (Wildman–Crippen LogP) is 2.67. The van der Waals surface area contributed by atoms with E-state index in [1.807, 2.05) is 42.7 Å². The third-order valence-corrected chi connectivity index (χ3v) is 5.12. The van der Waals surface area contributed by atoms with Crippen molar-refractivity contribution < 1.29 is 4.79 Å². The van der Waals surface area contributed by atoms with E-state index in [0.717, 1.165) is 36.6 Å². The van der Waals surface area contributed by atoms with Gasteiger partial charge in [-0.2, -0.15) is 5.10 Å². The van der Waals surface area contributed by atoms with E-state index in [1.165, 1.54) is 5.56 Å². The quantitative estimate of drug-likeness (QED) is 0.767. The van der Waals surface area contributed by atoms with Gasteiger partial charge in [0.1, 0.15) is 11.5 Å². The molecule has 0 radical (unpaired) electrons. The smallest absolute Gasteiger partial charge is 0.269 e. The molecule has 0 bridgehead atoms. The van der Waals surface area contributed by atoms with Gasteiger partial charge in [0.15, 0.2) is 0 Å². The molecular formula is C21H20N6O. The number of pyridine rings is 1. The van der Waals surface area contributed by atoms with Crippen LogP contribution in [0.3, 0.4) is 0 Å². The summed E-state index contributed by atoms with van der Waals surface area (Å²) in [6, 6.07) is 16.2. The Kier molecular flexibility index (Phi) is 4.12. The largest absolute Gasteiger partial charge is 0.351 e.